The average molecular weight is 579 g/mol. The van der Waals surface area contributed by atoms with E-state index in [-0.39, 0.29) is 22.8 Å². The van der Waals surface area contributed by atoms with E-state index >= 15 is 0 Å². The molecular formula is C30H29F3N6O3. The number of nitrogens with one attached hydrogen (secondary N) is 1. The number of hydrogen-bond acceptors (Lipinski definition) is 8. The molecule has 2 aliphatic heterocycles. The highest BCUT2D eigenvalue weighted by Crippen LogP contribution is 2.41. The fraction of sp³-hybridized carbons (Fsp3) is 0.333. The molecule has 42 heavy (non-hydrogen) atoms. The van der Waals surface area contributed by atoms with Gasteiger partial charge in [0.1, 0.15) is 11.9 Å². The number of pyridine rings is 1. The minimum Gasteiger partial charge on any atom is -0.480 e. The van der Waals surface area contributed by atoms with Gasteiger partial charge in [0.2, 0.25) is 17.9 Å². The number of ether oxygens (including phenoxy) is 1. The number of benzene rings is 2. The van der Waals surface area contributed by atoms with Gasteiger partial charge in [0, 0.05) is 42.8 Å². The fourth-order valence-corrected chi connectivity index (χ4v) is 5.89. The van der Waals surface area contributed by atoms with Crippen LogP contribution in [0.3, 0.4) is 0 Å². The van der Waals surface area contributed by atoms with Gasteiger partial charge in [0.15, 0.2) is 0 Å². The normalized spacial score (nSPS) is 19.2. The highest BCUT2D eigenvalue weighted by Gasteiger charge is 2.45. The van der Waals surface area contributed by atoms with Gasteiger partial charge in [-0.1, -0.05) is 36.4 Å². The van der Waals surface area contributed by atoms with Crippen LogP contribution in [0.25, 0.3) is 22.0 Å². The summed E-state index contributed by atoms with van der Waals surface area (Å²) >= 11 is 0. The molecule has 218 valence electrons. The van der Waals surface area contributed by atoms with Crippen molar-refractivity contribution in [1.82, 2.24) is 20.3 Å². The minimum absolute atomic E-state index is 0.0749. The number of nitrogens with two attached hydrogens (primary N) is 1. The summed E-state index contributed by atoms with van der Waals surface area (Å²) in [6, 6.07) is 16.3. The van der Waals surface area contributed by atoms with Crippen molar-refractivity contribution in [1.29, 1.82) is 0 Å². The summed E-state index contributed by atoms with van der Waals surface area (Å²) in [7, 11) is 0. The first-order chi connectivity index (χ1) is 20.1. The lowest BCUT2D eigenvalue weighted by Gasteiger charge is -2.39. The summed E-state index contributed by atoms with van der Waals surface area (Å²) < 4.78 is 48.2. The Morgan fingerprint density at radius 1 is 1.07 bits per heavy atom. The predicted molar refractivity (Wildman–Crippen MR) is 151 cm³/mol. The van der Waals surface area contributed by atoms with Crippen molar-refractivity contribution in [2.75, 3.05) is 30.3 Å². The zero-order valence-corrected chi connectivity index (χ0v) is 22.5. The van der Waals surface area contributed by atoms with E-state index in [9.17, 15) is 23.1 Å². The molecule has 2 atom stereocenters. The lowest BCUT2D eigenvalue weighted by molar-refractivity contribution is -0.198. The number of carboxylic acid groups (broad SMARTS) is 1. The molecule has 2 fully saturated rings. The van der Waals surface area contributed by atoms with Crippen molar-refractivity contribution < 1.29 is 27.8 Å². The Kier molecular flexibility index (Phi) is 7.09. The number of fused-ring (bicyclic) bond motifs is 1. The van der Waals surface area contributed by atoms with E-state index < -0.39 is 24.3 Å². The number of anilines is 2. The molecule has 0 saturated carbocycles. The Morgan fingerprint density at radius 2 is 1.81 bits per heavy atom. The standard InChI is InChI=1S/C30H29F3N6O3/c31-30(32,33)26(19-5-3-18(4-6-19)20-7-8-22-21(14-20)2-1-11-35-22)42-25-15-24(37-28(34)38-25)39-12-9-29(10-13-39)16-23(27(40)41)36-17-29/h1-8,11,14-15,23,26,36H,9-10,12-13,16-17H2,(H,40,41)(H2,34,37,38)/t23-,26+/m0/s1. The summed E-state index contributed by atoms with van der Waals surface area (Å²) in [5, 5.41) is 13.3. The van der Waals surface area contributed by atoms with E-state index in [1.807, 2.05) is 35.2 Å². The molecule has 2 aromatic heterocycles. The van der Waals surface area contributed by atoms with Gasteiger partial charge in [-0.3, -0.25) is 9.78 Å². The Morgan fingerprint density at radius 3 is 2.50 bits per heavy atom. The van der Waals surface area contributed by atoms with Crippen LogP contribution >= 0.6 is 0 Å². The first-order valence-electron chi connectivity index (χ1n) is 13.6. The van der Waals surface area contributed by atoms with E-state index in [0.717, 1.165) is 34.9 Å². The van der Waals surface area contributed by atoms with Crippen LogP contribution in [0.2, 0.25) is 0 Å². The van der Waals surface area contributed by atoms with Crippen LogP contribution in [0, 0.1) is 5.41 Å². The highest BCUT2D eigenvalue weighted by atomic mass is 19.4. The topological polar surface area (TPSA) is 126 Å². The predicted octanol–water partition coefficient (Wildman–Crippen LogP) is 4.99. The highest BCUT2D eigenvalue weighted by molar-refractivity contribution is 5.84. The molecule has 0 bridgehead atoms. The second-order valence-electron chi connectivity index (χ2n) is 11.0. The molecule has 6 rings (SSSR count). The van der Waals surface area contributed by atoms with Gasteiger partial charge in [-0.15, -0.1) is 0 Å². The summed E-state index contributed by atoms with van der Waals surface area (Å²) in [6.07, 6.45) is -3.30. The molecule has 0 amide bonds. The Bertz CT molecular complexity index is 1610. The third-order valence-electron chi connectivity index (χ3n) is 8.20. The van der Waals surface area contributed by atoms with Crippen LogP contribution in [-0.4, -0.2) is 57.9 Å². The molecule has 1 spiro atoms. The van der Waals surface area contributed by atoms with Crippen LogP contribution in [-0.2, 0) is 4.79 Å². The third kappa shape index (κ3) is 5.67. The number of alkyl halides is 3. The number of aromatic nitrogens is 3. The first-order valence-corrected chi connectivity index (χ1v) is 13.6. The largest absolute Gasteiger partial charge is 0.480 e. The van der Waals surface area contributed by atoms with Gasteiger partial charge in [-0.05, 0) is 54.0 Å². The molecule has 4 heterocycles. The molecule has 4 N–H and O–H groups in total. The monoisotopic (exact) mass is 578 g/mol. The van der Waals surface area contributed by atoms with E-state index in [1.165, 1.54) is 18.2 Å². The van der Waals surface area contributed by atoms with Gasteiger partial charge in [0.25, 0.3) is 0 Å². The molecule has 2 aromatic carbocycles. The molecule has 9 nitrogen and oxygen atoms in total. The molecular weight excluding hydrogens is 549 g/mol. The van der Waals surface area contributed by atoms with Gasteiger partial charge in [-0.25, -0.2) is 0 Å². The number of piperidine rings is 1. The summed E-state index contributed by atoms with van der Waals surface area (Å²) in [5.41, 5.74) is 8.13. The number of halogens is 3. The molecule has 0 radical (unpaired) electrons. The lowest BCUT2D eigenvalue weighted by Crippen LogP contribution is -2.41. The quantitative estimate of drug-likeness (QED) is 0.290. The number of carboxylic acids is 1. The SMILES string of the molecule is Nc1nc(O[C@H](c2ccc(-c3ccc4ncccc4c3)cc2)C(F)(F)F)cc(N2CCC3(CC2)CN[C@H](C(=O)O)C3)n1. The number of carbonyl (C=O) groups is 1. The Labute approximate surface area is 239 Å². The van der Waals surface area contributed by atoms with Gasteiger partial charge >= 0.3 is 12.1 Å². The second-order valence-corrected chi connectivity index (χ2v) is 11.0. The van der Waals surface area contributed by atoms with E-state index in [1.54, 1.807) is 18.3 Å². The second kappa shape index (κ2) is 10.8. The van der Waals surface area contributed by atoms with Crippen molar-refractivity contribution in [2.45, 2.75) is 37.6 Å². The minimum atomic E-state index is -4.72. The van der Waals surface area contributed by atoms with E-state index in [2.05, 4.69) is 20.3 Å². The van der Waals surface area contributed by atoms with E-state index in [0.29, 0.717) is 31.9 Å². The zero-order chi connectivity index (χ0) is 29.5. The van der Waals surface area contributed by atoms with Crippen molar-refractivity contribution >= 4 is 28.6 Å². The fourth-order valence-electron chi connectivity index (χ4n) is 5.89. The maximum absolute atomic E-state index is 14.2. The van der Waals surface area contributed by atoms with Gasteiger partial charge in [0.05, 0.1) is 5.52 Å². The maximum Gasteiger partial charge on any atom is 0.429 e. The maximum atomic E-state index is 14.2. The average Bonchev–Trinajstić information content (AvgIpc) is 3.39. The van der Waals surface area contributed by atoms with E-state index in [4.69, 9.17) is 10.5 Å². The van der Waals surface area contributed by atoms with Crippen molar-refractivity contribution in [3.63, 3.8) is 0 Å². The third-order valence-corrected chi connectivity index (χ3v) is 8.20. The van der Waals surface area contributed by atoms with Crippen molar-refractivity contribution in [2.24, 2.45) is 5.41 Å². The molecule has 12 heteroatoms. The molecule has 0 unspecified atom stereocenters. The lowest BCUT2D eigenvalue weighted by atomic mass is 9.76. The Hall–Kier alpha value is -4.45. The van der Waals surface area contributed by atoms with Gasteiger partial charge in [-0.2, -0.15) is 23.1 Å². The summed E-state index contributed by atoms with van der Waals surface area (Å²) in [6.45, 7) is 1.72. The molecule has 0 aliphatic carbocycles. The van der Waals surface area contributed by atoms with Crippen LogP contribution in [0.15, 0.2) is 66.9 Å². The number of hydrogen-bond donors (Lipinski definition) is 3. The van der Waals surface area contributed by atoms with Crippen LogP contribution in [0.1, 0.15) is 30.9 Å². The number of rotatable bonds is 6. The van der Waals surface area contributed by atoms with Crippen LogP contribution in [0.5, 0.6) is 5.88 Å². The first kappa shape index (κ1) is 27.7. The molecule has 2 aliphatic rings. The number of aliphatic carboxylic acids is 1. The molecule has 4 aromatic rings. The Balaban J connectivity index is 1.19. The molecule has 2 saturated heterocycles. The van der Waals surface area contributed by atoms with Crippen LogP contribution in [0.4, 0.5) is 24.9 Å². The van der Waals surface area contributed by atoms with Gasteiger partial charge < -0.3 is 25.8 Å². The summed E-state index contributed by atoms with van der Waals surface area (Å²) in [5.74, 6) is -0.965. The summed E-state index contributed by atoms with van der Waals surface area (Å²) in [4.78, 5) is 25.8. The number of nitrogens with zero attached hydrogens (tertiary/aromatic N) is 4. The van der Waals surface area contributed by atoms with Crippen LogP contribution < -0.4 is 20.7 Å². The smallest absolute Gasteiger partial charge is 0.429 e. The zero-order valence-electron chi connectivity index (χ0n) is 22.5. The number of nitrogen functional groups attached to an aromatic ring is 1. The van der Waals surface area contributed by atoms with Crippen molar-refractivity contribution in [3.05, 3.63) is 72.4 Å². The van der Waals surface area contributed by atoms with Crippen molar-refractivity contribution in [3.8, 4) is 17.0 Å².